The van der Waals surface area contributed by atoms with Crippen molar-refractivity contribution >= 4 is 15.7 Å². The number of amides is 1. The second kappa shape index (κ2) is 7.88. The first-order chi connectivity index (χ1) is 11.4. The Morgan fingerprint density at radius 2 is 1.96 bits per heavy atom. The Morgan fingerprint density at radius 3 is 2.50 bits per heavy atom. The van der Waals surface area contributed by atoms with Crippen LogP contribution in [0.15, 0.2) is 18.2 Å². The van der Waals surface area contributed by atoms with Crippen LogP contribution in [0.25, 0.3) is 0 Å². The lowest BCUT2D eigenvalue weighted by molar-refractivity contribution is 0.0693. The van der Waals surface area contributed by atoms with Crippen LogP contribution in [0.3, 0.4) is 0 Å². The fraction of sp³-hybridized carbons (Fsp3) is 0.588. The van der Waals surface area contributed by atoms with Crippen LogP contribution in [-0.4, -0.2) is 57.5 Å². The molecule has 1 atom stereocenters. The molecule has 1 fully saturated rings. The lowest BCUT2D eigenvalue weighted by Crippen LogP contribution is -2.41. The van der Waals surface area contributed by atoms with Crippen LogP contribution in [0.2, 0.25) is 0 Å². The first-order valence-electron chi connectivity index (χ1n) is 8.15. The van der Waals surface area contributed by atoms with Crippen molar-refractivity contribution in [1.29, 1.82) is 0 Å². The summed E-state index contributed by atoms with van der Waals surface area (Å²) in [6.45, 7) is 2.61. The minimum Gasteiger partial charge on any atom is -0.493 e. The summed E-state index contributed by atoms with van der Waals surface area (Å²) in [7, 11) is 0.0130. The molecule has 1 heterocycles. The molecule has 0 saturated carbocycles. The zero-order chi connectivity index (χ0) is 17.7. The standard InChI is InChI=1S/C17H25NO5S/c1-4-5-9-18(14-8-10-24(20,21)12-14)17(19)13-6-7-15(22-2)16(11-13)23-3/h6-7,11,14H,4-5,8-10,12H2,1-3H3. The van der Waals surface area contributed by atoms with Crippen molar-refractivity contribution in [3.05, 3.63) is 23.8 Å². The Balaban J connectivity index is 2.27. The van der Waals surface area contributed by atoms with E-state index in [0.29, 0.717) is 30.0 Å². The van der Waals surface area contributed by atoms with Crippen molar-refractivity contribution in [3.63, 3.8) is 0 Å². The number of hydrogen-bond acceptors (Lipinski definition) is 5. The van der Waals surface area contributed by atoms with E-state index in [0.717, 1.165) is 12.8 Å². The van der Waals surface area contributed by atoms with E-state index in [1.54, 1.807) is 23.1 Å². The fourth-order valence-electron chi connectivity index (χ4n) is 2.93. The second-order valence-electron chi connectivity index (χ2n) is 5.98. The van der Waals surface area contributed by atoms with Gasteiger partial charge in [-0.15, -0.1) is 0 Å². The molecule has 6 nitrogen and oxygen atoms in total. The third-order valence-electron chi connectivity index (χ3n) is 4.29. The molecule has 0 bridgehead atoms. The Kier molecular flexibility index (Phi) is 6.10. The summed E-state index contributed by atoms with van der Waals surface area (Å²) in [5.41, 5.74) is 0.480. The van der Waals surface area contributed by atoms with Gasteiger partial charge in [-0.3, -0.25) is 4.79 Å². The number of carbonyl (C=O) groups excluding carboxylic acids is 1. The van der Waals surface area contributed by atoms with Gasteiger partial charge in [0.2, 0.25) is 0 Å². The van der Waals surface area contributed by atoms with Gasteiger partial charge in [-0.25, -0.2) is 8.42 Å². The molecule has 0 spiro atoms. The van der Waals surface area contributed by atoms with E-state index in [9.17, 15) is 13.2 Å². The highest BCUT2D eigenvalue weighted by Gasteiger charge is 2.34. The molecule has 1 aromatic carbocycles. The number of carbonyl (C=O) groups is 1. The molecular weight excluding hydrogens is 330 g/mol. The Labute approximate surface area is 143 Å². The maximum absolute atomic E-state index is 13.0. The van der Waals surface area contributed by atoms with Crippen molar-refractivity contribution < 1.29 is 22.7 Å². The van der Waals surface area contributed by atoms with Gasteiger partial charge < -0.3 is 14.4 Å². The summed E-state index contributed by atoms with van der Waals surface area (Å²) < 4.78 is 34.0. The maximum Gasteiger partial charge on any atom is 0.254 e. The zero-order valence-electron chi connectivity index (χ0n) is 14.4. The van der Waals surface area contributed by atoms with E-state index in [-0.39, 0.29) is 23.5 Å². The average molecular weight is 355 g/mol. The molecule has 0 N–H and O–H groups in total. The predicted octanol–water partition coefficient (Wildman–Crippen LogP) is 2.13. The van der Waals surface area contributed by atoms with E-state index in [2.05, 4.69) is 0 Å². The molecule has 1 aliphatic heterocycles. The minimum absolute atomic E-state index is 0.0513. The summed E-state index contributed by atoms with van der Waals surface area (Å²) in [5, 5.41) is 0. The van der Waals surface area contributed by atoms with Crippen LogP contribution < -0.4 is 9.47 Å². The maximum atomic E-state index is 13.0. The Hall–Kier alpha value is -1.76. The topological polar surface area (TPSA) is 72.9 Å². The van der Waals surface area contributed by atoms with Crippen LogP contribution in [0, 0.1) is 0 Å². The normalized spacial score (nSPS) is 19.0. The number of hydrogen-bond donors (Lipinski definition) is 0. The highest BCUT2D eigenvalue weighted by molar-refractivity contribution is 7.91. The van der Waals surface area contributed by atoms with Crippen molar-refractivity contribution in [1.82, 2.24) is 4.90 Å². The molecule has 1 aromatic rings. The quantitative estimate of drug-likeness (QED) is 0.749. The zero-order valence-corrected chi connectivity index (χ0v) is 15.3. The molecule has 0 aliphatic carbocycles. The number of sulfone groups is 1. The molecular formula is C17H25NO5S. The van der Waals surface area contributed by atoms with Crippen LogP contribution in [-0.2, 0) is 9.84 Å². The number of unbranched alkanes of at least 4 members (excludes halogenated alkanes) is 1. The van der Waals surface area contributed by atoms with Gasteiger partial charge in [-0.2, -0.15) is 0 Å². The van der Waals surface area contributed by atoms with Gasteiger partial charge in [0, 0.05) is 18.2 Å². The summed E-state index contributed by atoms with van der Waals surface area (Å²) >= 11 is 0. The highest BCUT2D eigenvalue weighted by Crippen LogP contribution is 2.29. The van der Waals surface area contributed by atoms with E-state index < -0.39 is 9.84 Å². The SMILES string of the molecule is CCCCN(C(=O)c1ccc(OC)c(OC)c1)C1CCS(=O)(=O)C1. The van der Waals surface area contributed by atoms with E-state index >= 15 is 0 Å². The van der Waals surface area contributed by atoms with Gasteiger partial charge in [0.15, 0.2) is 21.3 Å². The number of benzene rings is 1. The van der Waals surface area contributed by atoms with Gasteiger partial charge in [-0.05, 0) is 31.0 Å². The van der Waals surface area contributed by atoms with Crippen molar-refractivity contribution in [2.45, 2.75) is 32.2 Å². The lowest BCUT2D eigenvalue weighted by atomic mass is 10.1. The van der Waals surface area contributed by atoms with Gasteiger partial charge in [0.05, 0.1) is 25.7 Å². The molecule has 24 heavy (non-hydrogen) atoms. The number of rotatable bonds is 7. The molecule has 1 aliphatic rings. The summed E-state index contributed by atoms with van der Waals surface area (Å²) in [5.74, 6) is 1.08. The van der Waals surface area contributed by atoms with E-state index in [1.165, 1.54) is 14.2 Å². The first kappa shape index (κ1) is 18.6. The summed E-state index contributed by atoms with van der Waals surface area (Å²) in [4.78, 5) is 14.7. The molecule has 134 valence electrons. The molecule has 0 radical (unpaired) electrons. The van der Waals surface area contributed by atoms with Crippen LogP contribution in [0.1, 0.15) is 36.5 Å². The Morgan fingerprint density at radius 1 is 1.25 bits per heavy atom. The molecule has 2 rings (SSSR count). The number of ether oxygens (including phenoxy) is 2. The smallest absolute Gasteiger partial charge is 0.254 e. The summed E-state index contributed by atoms with van der Waals surface area (Å²) in [6, 6.07) is 4.77. The first-order valence-corrected chi connectivity index (χ1v) is 9.97. The second-order valence-corrected chi connectivity index (χ2v) is 8.21. The summed E-state index contributed by atoms with van der Waals surface area (Å²) in [6.07, 6.45) is 2.29. The third kappa shape index (κ3) is 4.20. The molecule has 7 heteroatoms. The van der Waals surface area contributed by atoms with Crippen molar-refractivity contribution in [2.75, 3.05) is 32.3 Å². The number of nitrogens with zero attached hydrogens (tertiary/aromatic N) is 1. The predicted molar refractivity (Wildman–Crippen MR) is 92.5 cm³/mol. The van der Waals surface area contributed by atoms with Gasteiger partial charge in [0.25, 0.3) is 5.91 Å². The largest absolute Gasteiger partial charge is 0.493 e. The number of methoxy groups -OCH3 is 2. The van der Waals surface area contributed by atoms with Crippen molar-refractivity contribution in [2.24, 2.45) is 0 Å². The molecule has 0 aromatic heterocycles. The fourth-order valence-corrected chi connectivity index (χ4v) is 4.67. The van der Waals surface area contributed by atoms with Crippen LogP contribution >= 0.6 is 0 Å². The molecule has 1 saturated heterocycles. The molecule has 1 amide bonds. The highest BCUT2D eigenvalue weighted by atomic mass is 32.2. The monoisotopic (exact) mass is 355 g/mol. The van der Waals surface area contributed by atoms with Crippen molar-refractivity contribution in [3.8, 4) is 11.5 Å². The van der Waals surface area contributed by atoms with Crippen LogP contribution in [0.5, 0.6) is 11.5 Å². The minimum atomic E-state index is -3.04. The van der Waals surface area contributed by atoms with Gasteiger partial charge >= 0.3 is 0 Å². The van der Waals surface area contributed by atoms with Crippen LogP contribution in [0.4, 0.5) is 0 Å². The third-order valence-corrected chi connectivity index (χ3v) is 6.04. The molecule has 1 unspecified atom stereocenters. The van der Waals surface area contributed by atoms with E-state index in [4.69, 9.17) is 9.47 Å². The lowest BCUT2D eigenvalue weighted by Gasteiger charge is -2.28. The van der Waals surface area contributed by atoms with E-state index in [1.807, 2.05) is 6.92 Å². The average Bonchev–Trinajstić information content (AvgIpc) is 2.94. The van der Waals surface area contributed by atoms with Gasteiger partial charge in [-0.1, -0.05) is 13.3 Å². The Bertz CT molecular complexity index is 686. The van der Waals surface area contributed by atoms with Gasteiger partial charge in [0.1, 0.15) is 0 Å².